The Bertz CT molecular complexity index is 673. The topological polar surface area (TPSA) is 56.8 Å². The second-order valence-electron chi connectivity index (χ2n) is 5.61. The van der Waals surface area contributed by atoms with Crippen molar-refractivity contribution in [3.63, 3.8) is 0 Å². The van der Waals surface area contributed by atoms with Gasteiger partial charge in [-0.1, -0.05) is 0 Å². The number of methoxy groups -OCH3 is 1. The van der Waals surface area contributed by atoms with Crippen molar-refractivity contribution in [2.75, 3.05) is 13.7 Å². The Morgan fingerprint density at radius 1 is 1.00 bits per heavy atom. The van der Waals surface area contributed by atoms with Crippen molar-refractivity contribution in [2.24, 2.45) is 0 Å². The molecule has 0 saturated carbocycles. The number of benzene rings is 2. The van der Waals surface area contributed by atoms with Crippen LogP contribution in [0.1, 0.15) is 13.8 Å². The second-order valence-corrected chi connectivity index (χ2v) is 5.61. The minimum Gasteiger partial charge on any atom is -0.497 e. The van der Waals surface area contributed by atoms with E-state index in [1.54, 1.807) is 38.3 Å². The monoisotopic (exact) mass is 347 g/mol. The summed E-state index contributed by atoms with van der Waals surface area (Å²) >= 11 is 0. The molecule has 0 saturated heterocycles. The SMILES string of the molecule is COc1ccc(OC[C@H](C)NC(=O)[C@@H](C)Oc2ccc(F)cc2)cc1. The highest BCUT2D eigenvalue weighted by Crippen LogP contribution is 2.17. The molecule has 1 N–H and O–H groups in total. The second kappa shape index (κ2) is 8.92. The van der Waals surface area contributed by atoms with Crippen LogP contribution in [-0.4, -0.2) is 31.8 Å². The lowest BCUT2D eigenvalue weighted by atomic mass is 10.3. The molecule has 1 amide bonds. The number of rotatable bonds is 8. The first kappa shape index (κ1) is 18.6. The summed E-state index contributed by atoms with van der Waals surface area (Å²) < 4.78 is 29.1. The summed E-state index contributed by atoms with van der Waals surface area (Å²) in [5, 5.41) is 2.82. The number of hydrogen-bond donors (Lipinski definition) is 1. The molecule has 2 atom stereocenters. The third-order valence-corrected chi connectivity index (χ3v) is 3.44. The molecule has 134 valence electrons. The molecule has 0 aliphatic heterocycles. The van der Waals surface area contributed by atoms with Crippen molar-refractivity contribution in [3.05, 3.63) is 54.3 Å². The molecule has 0 aliphatic carbocycles. The Morgan fingerprint density at radius 3 is 2.16 bits per heavy atom. The van der Waals surface area contributed by atoms with Gasteiger partial charge in [0.2, 0.25) is 0 Å². The largest absolute Gasteiger partial charge is 0.497 e. The molecule has 2 rings (SSSR count). The van der Waals surface area contributed by atoms with Gasteiger partial charge in [-0.05, 0) is 62.4 Å². The molecule has 2 aromatic rings. The van der Waals surface area contributed by atoms with Crippen molar-refractivity contribution in [1.82, 2.24) is 5.32 Å². The normalized spacial score (nSPS) is 12.8. The Balaban J connectivity index is 1.77. The molecule has 5 nitrogen and oxygen atoms in total. The number of nitrogens with one attached hydrogen (secondary N) is 1. The number of halogens is 1. The average molecular weight is 347 g/mol. The predicted molar refractivity (Wildman–Crippen MR) is 92.6 cm³/mol. The van der Waals surface area contributed by atoms with Crippen molar-refractivity contribution in [2.45, 2.75) is 26.0 Å². The van der Waals surface area contributed by atoms with E-state index in [2.05, 4.69) is 5.32 Å². The molecule has 0 radical (unpaired) electrons. The molecule has 25 heavy (non-hydrogen) atoms. The van der Waals surface area contributed by atoms with Crippen LogP contribution in [0, 0.1) is 5.82 Å². The van der Waals surface area contributed by atoms with Gasteiger partial charge in [-0.2, -0.15) is 0 Å². The smallest absolute Gasteiger partial charge is 0.261 e. The molecule has 0 aromatic heterocycles. The Morgan fingerprint density at radius 2 is 1.56 bits per heavy atom. The van der Waals surface area contributed by atoms with Crippen LogP contribution in [0.15, 0.2) is 48.5 Å². The van der Waals surface area contributed by atoms with Crippen LogP contribution in [0.25, 0.3) is 0 Å². The van der Waals surface area contributed by atoms with E-state index in [1.165, 1.54) is 24.3 Å². The van der Waals surface area contributed by atoms with Crippen LogP contribution >= 0.6 is 0 Å². The molecule has 0 bridgehead atoms. The van der Waals surface area contributed by atoms with E-state index in [1.807, 2.05) is 6.92 Å². The van der Waals surface area contributed by atoms with Crippen LogP contribution in [0.3, 0.4) is 0 Å². The lowest BCUT2D eigenvalue weighted by Crippen LogP contribution is -2.43. The van der Waals surface area contributed by atoms with Crippen molar-refractivity contribution in [1.29, 1.82) is 0 Å². The van der Waals surface area contributed by atoms with Crippen LogP contribution < -0.4 is 19.5 Å². The van der Waals surface area contributed by atoms with E-state index in [4.69, 9.17) is 14.2 Å². The highest BCUT2D eigenvalue weighted by Gasteiger charge is 2.17. The van der Waals surface area contributed by atoms with E-state index >= 15 is 0 Å². The first-order valence-corrected chi connectivity index (χ1v) is 7.97. The summed E-state index contributed by atoms with van der Waals surface area (Å²) in [6.45, 7) is 3.79. The molecule has 2 aromatic carbocycles. The van der Waals surface area contributed by atoms with E-state index < -0.39 is 6.10 Å². The van der Waals surface area contributed by atoms with E-state index in [9.17, 15) is 9.18 Å². The first-order valence-electron chi connectivity index (χ1n) is 7.97. The van der Waals surface area contributed by atoms with Gasteiger partial charge in [0.1, 0.15) is 29.7 Å². The molecular weight excluding hydrogens is 325 g/mol. The summed E-state index contributed by atoms with van der Waals surface area (Å²) in [6.07, 6.45) is -0.700. The third kappa shape index (κ3) is 5.99. The Kier molecular flexibility index (Phi) is 6.62. The van der Waals surface area contributed by atoms with Gasteiger partial charge in [0.25, 0.3) is 5.91 Å². The molecule has 0 fully saturated rings. The number of carbonyl (C=O) groups is 1. The van der Waals surface area contributed by atoms with Crippen LogP contribution in [0.4, 0.5) is 4.39 Å². The maximum Gasteiger partial charge on any atom is 0.261 e. The van der Waals surface area contributed by atoms with Crippen molar-refractivity contribution in [3.8, 4) is 17.2 Å². The molecule has 0 aliphatic rings. The summed E-state index contributed by atoms with van der Waals surface area (Å²) in [7, 11) is 1.60. The van der Waals surface area contributed by atoms with Crippen molar-refractivity contribution < 1.29 is 23.4 Å². The standard InChI is InChI=1S/C19H22FNO4/c1-13(12-24-17-10-8-16(23-3)9-11-17)21-19(22)14(2)25-18-6-4-15(20)5-7-18/h4-11,13-14H,12H2,1-3H3,(H,21,22)/t13-,14+/m0/s1. The fourth-order valence-electron chi connectivity index (χ4n) is 2.07. The summed E-state index contributed by atoms with van der Waals surface area (Å²) in [5.41, 5.74) is 0. The van der Waals surface area contributed by atoms with E-state index in [0.717, 1.165) is 5.75 Å². The van der Waals surface area contributed by atoms with Gasteiger partial charge in [0.15, 0.2) is 6.10 Å². The van der Waals surface area contributed by atoms with Gasteiger partial charge in [-0.15, -0.1) is 0 Å². The zero-order valence-corrected chi connectivity index (χ0v) is 14.5. The van der Waals surface area contributed by atoms with Crippen LogP contribution in [0.5, 0.6) is 17.2 Å². The van der Waals surface area contributed by atoms with Gasteiger partial charge in [-0.3, -0.25) is 4.79 Å². The van der Waals surface area contributed by atoms with Gasteiger partial charge in [0.05, 0.1) is 13.2 Å². The Labute approximate surface area is 146 Å². The summed E-state index contributed by atoms with van der Waals surface area (Å²) in [4.78, 5) is 12.1. The maximum absolute atomic E-state index is 12.9. The first-order chi connectivity index (χ1) is 12.0. The molecule has 0 spiro atoms. The maximum atomic E-state index is 12.9. The van der Waals surface area contributed by atoms with Crippen LogP contribution in [0.2, 0.25) is 0 Å². The fourth-order valence-corrected chi connectivity index (χ4v) is 2.07. The number of carbonyl (C=O) groups excluding carboxylic acids is 1. The summed E-state index contributed by atoms with van der Waals surface area (Å²) in [5.74, 6) is 1.26. The minimum absolute atomic E-state index is 0.200. The predicted octanol–water partition coefficient (Wildman–Crippen LogP) is 3.19. The highest BCUT2D eigenvalue weighted by molar-refractivity contribution is 5.80. The van der Waals surface area contributed by atoms with Gasteiger partial charge < -0.3 is 19.5 Å². The third-order valence-electron chi connectivity index (χ3n) is 3.44. The van der Waals surface area contributed by atoms with E-state index in [0.29, 0.717) is 18.1 Å². The van der Waals surface area contributed by atoms with Gasteiger partial charge in [0, 0.05) is 0 Å². The average Bonchev–Trinajstić information content (AvgIpc) is 2.62. The number of hydrogen-bond acceptors (Lipinski definition) is 4. The molecular formula is C19H22FNO4. The van der Waals surface area contributed by atoms with Crippen LogP contribution in [-0.2, 0) is 4.79 Å². The summed E-state index contributed by atoms with van der Waals surface area (Å²) in [6, 6.07) is 12.5. The van der Waals surface area contributed by atoms with Gasteiger partial charge in [-0.25, -0.2) is 4.39 Å². The lowest BCUT2D eigenvalue weighted by Gasteiger charge is -2.19. The molecule has 0 unspecified atom stereocenters. The fraction of sp³-hybridized carbons (Fsp3) is 0.316. The zero-order chi connectivity index (χ0) is 18.2. The number of amides is 1. The number of ether oxygens (including phenoxy) is 3. The molecule has 6 heteroatoms. The highest BCUT2D eigenvalue weighted by atomic mass is 19.1. The van der Waals surface area contributed by atoms with E-state index in [-0.39, 0.29) is 17.8 Å². The molecule has 0 heterocycles. The lowest BCUT2D eigenvalue weighted by molar-refractivity contribution is -0.128. The van der Waals surface area contributed by atoms with Gasteiger partial charge >= 0.3 is 0 Å². The van der Waals surface area contributed by atoms with Crippen molar-refractivity contribution >= 4 is 5.91 Å². The zero-order valence-electron chi connectivity index (χ0n) is 14.5. The quantitative estimate of drug-likeness (QED) is 0.797. The Hall–Kier alpha value is -2.76. The minimum atomic E-state index is -0.700.